The number of rotatable bonds is 5. The van der Waals surface area contributed by atoms with Crippen molar-refractivity contribution in [1.82, 2.24) is 14.8 Å². The predicted octanol–water partition coefficient (Wildman–Crippen LogP) is 1.02. The van der Waals surface area contributed by atoms with E-state index in [2.05, 4.69) is 17.0 Å². The summed E-state index contributed by atoms with van der Waals surface area (Å²) in [5.41, 5.74) is -0.0588. The molecule has 2 rings (SSSR count). The van der Waals surface area contributed by atoms with Crippen LogP contribution in [0.5, 0.6) is 0 Å². The number of hydrogen-bond donors (Lipinski definition) is 1. The van der Waals surface area contributed by atoms with Crippen molar-refractivity contribution >= 4 is 0 Å². The van der Waals surface area contributed by atoms with Crippen LogP contribution in [0.4, 0.5) is 0 Å². The summed E-state index contributed by atoms with van der Waals surface area (Å²) in [6.45, 7) is 4.70. The summed E-state index contributed by atoms with van der Waals surface area (Å²) >= 11 is 0. The summed E-state index contributed by atoms with van der Waals surface area (Å²) in [6.07, 6.45) is 5.26. The summed E-state index contributed by atoms with van der Waals surface area (Å²) < 4.78 is 7.32. The summed E-state index contributed by atoms with van der Waals surface area (Å²) in [5, 5.41) is 13.9. The van der Waals surface area contributed by atoms with Gasteiger partial charge in [-0.15, -0.1) is 0 Å². The molecule has 0 saturated carbocycles. The van der Waals surface area contributed by atoms with Crippen molar-refractivity contribution in [1.29, 1.82) is 0 Å². The van der Waals surface area contributed by atoms with Crippen LogP contribution < -0.4 is 0 Å². The highest BCUT2D eigenvalue weighted by Crippen LogP contribution is 2.33. The maximum atomic E-state index is 9.65. The van der Waals surface area contributed by atoms with E-state index >= 15 is 0 Å². The third-order valence-corrected chi connectivity index (χ3v) is 3.55. The molecule has 0 unspecified atom stereocenters. The Labute approximate surface area is 102 Å². The van der Waals surface area contributed by atoms with Crippen molar-refractivity contribution in [3.8, 4) is 0 Å². The van der Waals surface area contributed by atoms with E-state index in [1.54, 1.807) is 6.33 Å². The lowest BCUT2D eigenvalue weighted by Crippen LogP contribution is -2.36. The van der Waals surface area contributed by atoms with E-state index in [1.165, 1.54) is 0 Å². The van der Waals surface area contributed by atoms with Crippen LogP contribution in [0.15, 0.2) is 6.33 Å². The standard InChI is InChI=1S/C12H21N3O2/c1-2-5-15-11(13-10-14-15)8-12(9-16)3-6-17-7-4-12/h10,16H,2-9H2,1H3. The van der Waals surface area contributed by atoms with Gasteiger partial charge in [-0.1, -0.05) is 6.92 Å². The van der Waals surface area contributed by atoms with Crippen molar-refractivity contribution < 1.29 is 9.84 Å². The maximum absolute atomic E-state index is 9.65. The summed E-state index contributed by atoms with van der Waals surface area (Å²) in [7, 11) is 0. The molecule has 0 bridgehead atoms. The van der Waals surface area contributed by atoms with Crippen molar-refractivity contribution in [2.75, 3.05) is 19.8 Å². The van der Waals surface area contributed by atoms with E-state index in [-0.39, 0.29) is 12.0 Å². The predicted molar refractivity (Wildman–Crippen MR) is 63.6 cm³/mol. The van der Waals surface area contributed by atoms with Crippen LogP contribution in [-0.4, -0.2) is 39.7 Å². The minimum absolute atomic E-state index is 0.0588. The fourth-order valence-electron chi connectivity index (χ4n) is 2.35. The topological polar surface area (TPSA) is 60.2 Å². The van der Waals surface area contributed by atoms with Crippen LogP contribution in [0.1, 0.15) is 32.0 Å². The van der Waals surface area contributed by atoms with Crippen LogP contribution in [0.3, 0.4) is 0 Å². The van der Waals surface area contributed by atoms with Gasteiger partial charge in [-0.3, -0.25) is 4.68 Å². The number of aryl methyl sites for hydroxylation is 1. The fourth-order valence-corrected chi connectivity index (χ4v) is 2.35. The molecule has 0 aliphatic carbocycles. The average Bonchev–Trinajstić information content (AvgIpc) is 2.78. The molecule has 2 heterocycles. The molecular formula is C12H21N3O2. The van der Waals surface area contributed by atoms with Crippen LogP contribution in [0.2, 0.25) is 0 Å². The summed E-state index contributed by atoms with van der Waals surface area (Å²) in [6, 6.07) is 0. The smallest absolute Gasteiger partial charge is 0.138 e. The van der Waals surface area contributed by atoms with Gasteiger partial charge in [-0.2, -0.15) is 5.10 Å². The molecule has 0 radical (unpaired) electrons. The van der Waals surface area contributed by atoms with Crippen LogP contribution in [-0.2, 0) is 17.7 Å². The number of aromatic nitrogens is 3. The molecule has 1 saturated heterocycles. The van der Waals surface area contributed by atoms with E-state index < -0.39 is 0 Å². The number of aliphatic hydroxyl groups is 1. The Balaban J connectivity index is 2.09. The third-order valence-electron chi connectivity index (χ3n) is 3.55. The molecule has 17 heavy (non-hydrogen) atoms. The molecule has 1 aromatic rings. The minimum Gasteiger partial charge on any atom is -0.396 e. The van der Waals surface area contributed by atoms with E-state index in [1.807, 2.05) is 4.68 Å². The van der Waals surface area contributed by atoms with Gasteiger partial charge in [-0.25, -0.2) is 4.98 Å². The molecule has 1 aliphatic rings. The van der Waals surface area contributed by atoms with Gasteiger partial charge in [0.25, 0.3) is 0 Å². The molecule has 1 aromatic heterocycles. The molecule has 96 valence electrons. The second-order valence-corrected chi connectivity index (χ2v) is 4.85. The second kappa shape index (κ2) is 5.60. The third kappa shape index (κ3) is 2.84. The second-order valence-electron chi connectivity index (χ2n) is 4.85. The van der Waals surface area contributed by atoms with Crippen LogP contribution in [0.25, 0.3) is 0 Å². The Morgan fingerprint density at radius 3 is 2.88 bits per heavy atom. The SMILES string of the molecule is CCCn1ncnc1CC1(CO)CCOCC1. The van der Waals surface area contributed by atoms with E-state index in [0.717, 1.165) is 51.3 Å². The first kappa shape index (κ1) is 12.5. The highest BCUT2D eigenvalue weighted by atomic mass is 16.5. The molecular weight excluding hydrogens is 218 g/mol. The lowest BCUT2D eigenvalue weighted by Gasteiger charge is -2.35. The quantitative estimate of drug-likeness (QED) is 0.833. The highest BCUT2D eigenvalue weighted by molar-refractivity contribution is 4.95. The number of nitrogens with zero attached hydrogens (tertiary/aromatic N) is 3. The average molecular weight is 239 g/mol. The summed E-state index contributed by atoms with van der Waals surface area (Å²) in [5.74, 6) is 0.989. The number of aliphatic hydroxyl groups excluding tert-OH is 1. The van der Waals surface area contributed by atoms with Gasteiger partial charge in [0.15, 0.2) is 0 Å². The fraction of sp³-hybridized carbons (Fsp3) is 0.833. The maximum Gasteiger partial charge on any atom is 0.138 e. The van der Waals surface area contributed by atoms with Crippen LogP contribution >= 0.6 is 0 Å². The molecule has 5 nitrogen and oxygen atoms in total. The lowest BCUT2D eigenvalue weighted by molar-refractivity contribution is -0.0172. The number of ether oxygens (including phenoxy) is 1. The molecule has 1 fully saturated rings. The van der Waals surface area contributed by atoms with Gasteiger partial charge in [-0.05, 0) is 19.3 Å². The van der Waals surface area contributed by atoms with Crippen LogP contribution in [0, 0.1) is 5.41 Å². The molecule has 0 amide bonds. The zero-order chi connectivity index (χ0) is 12.1. The first-order valence-corrected chi connectivity index (χ1v) is 6.35. The van der Waals surface area contributed by atoms with Crippen molar-refractivity contribution in [2.45, 2.75) is 39.2 Å². The van der Waals surface area contributed by atoms with Gasteiger partial charge in [0, 0.05) is 38.2 Å². The Morgan fingerprint density at radius 2 is 2.24 bits per heavy atom. The summed E-state index contributed by atoms with van der Waals surface area (Å²) in [4.78, 5) is 4.32. The van der Waals surface area contributed by atoms with E-state index in [4.69, 9.17) is 4.74 Å². The van der Waals surface area contributed by atoms with Gasteiger partial charge in [0.1, 0.15) is 12.2 Å². The first-order valence-electron chi connectivity index (χ1n) is 6.35. The van der Waals surface area contributed by atoms with E-state index in [9.17, 15) is 5.11 Å². The highest BCUT2D eigenvalue weighted by Gasteiger charge is 2.33. The molecule has 0 spiro atoms. The molecule has 5 heteroatoms. The Hall–Kier alpha value is -0.940. The van der Waals surface area contributed by atoms with Crippen molar-refractivity contribution in [3.05, 3.63) is 12.2 Å². The monoisotopic (exact) mass is 239 g/mol. The van der Waals surface area contributed by atoms with Gasteiger partial charge in [0.05, 0.1) is 0 Å². The minimum atomic E-state index is -0.0588. The lowest BCUT2D eigenvalue weighted by atomic mass is 9.78. The molecule has 1 aliphatic heterocycles. The number of hydrogen-bond acceptors (Lipinski definition) is 4. The molecule has 1 N–H and O–H groups in total. The Morgan fingerprint density at radius 1 is 1.47 bits per heavy atom. The van der Waals surface area contributed by atoms with Gasteiger partial charge >= 0.3 is 0 Å². The van der Waals surface area contributed by atoms with Crippen molar-refractivity contribution in [2.24, 2.45) is 5.41 Å². The Kier molecular flexibility index (Phi) is 4.12. The molecule has 0 atom stereocenters. The van der Waals surface area contributed by atoms with E-state index in [0.29, 0.717) is 0 Å². The molecule has 0 aromatic carbocycles. The normalized spacial score (nSPS) is 19.4. The van der Waals surface area contributed by atoms with Crippen molar-refractivity contribution in [3.63, 3.8) is 0 Å². The van der Waals surface area contributed by atoms with Gasteiger partial charge in [0.2, 0.25) is 0 Å². The van der Waals surface area contributed by atoms with Gasteiger partial charge < -0.3 is 9.84 Å². The first-order chi connectivity index (χ1) is 8.29. The zero-order valence-corrected chi connectivity index (χ0v) is 10.4. The largest absolute Gasteiger partial charge is 0.396 e. The Bertz CT molecular complexity index is 345. The zero-order valence-electron chi connectivity index (χ0n) is 10.4.